The van der Waals surface area contributed by atoms with Crippen molar-refractivity contribution in [3.63, 3.8) is 0 Å². The zero-order valence-corrected chi connectivity index (χ0v) is 7.59. The highest BCUT2D eigenvalue weighted by molar-refractivity contribution is 5.09. The summed E-state index contributed by atoms with van der Waals surface area (Å²) in [5.74, 6) is 6.07. The molecule has 0 saturated carbocycles. The lowest BCUT2D eigenvalue weighted by molar-refractivity contribution is -0.00597. The highest BCUT2D eigenvalue weighted by atomic mass is 16.5. The molecular weight excluding hydrogens is 154 g/mol. The van der Waals surface area contributed by atoms with E-state index in [9.17, 15) is 0 Å². The molecular formula is C9H15NO2. The van der Waals surface area contributed by atoms with Crippen LogP contribution in [0.5, 0.6) is 0 Å². The van der Waals surface area contributed by atoms with Gasteiger partial charge < -0.3 is 14.8 Å². The van der Waals surface area contributed by atoms with Crippen LogP contribution in [0, 0.1) is 11.8 Å². The van der Waals surface area contributed by atoms with Gasteiger partial charge in [0.15, 0.2) is 0 Å². The molecule has 0 aromatic heterocycles. The van der Waals surface area contributed by atoms with Crippen molar-refractivity contribution < 1.29 is 9.47 Å². The van der Waals surface area contributed by atoms with Gasteiger partial charge in [0.2, 0.25) is 0 Å². The Morgan fingerprint density at radius 1 is 1.33 bits per heavy atom. The van der Waals surface area contributed by atoms with Crippen molar-refractivity contribution in [2.45, 2.75) is 18.6 Å². The van der Waals surface area contributed by atoms with Crippen LogP contribution >= 0.6 is 0 Å². The van der Waals surface area contributed by atoms with Gasteiger partial charge in [0.25, 0.3) is 0 Å². The summed E-state index contributed by atoms with van der Waals surface area (Å²) in [6.07, 6.45) is 0.835. The van der Waals surface area contributed by atoms with Crippen LogP contribution in [0.15, 0.2) is 0 Å². The minimum Gasteiger partial charge on any atom is -0.376 e. The molecule has 1 aliphatic heterocycles. The fourth-order valence-corrected chi connectivity index (χ4v) is 1.19. The molecule has 1 N–H and O–H groups in total. The zero-order chi connectivity index (χ0) is 8.81. The summed E-state index contributed by atoms with van der Waals surface area (Å²) in [6.45, 7) is 1.74. The Kier molecular flexibility index (Phi) is 4.09. The Labute approximate surface area is 73.4 Å². The summed E-state index contributed by atoms with van der Waals surface area (Å²) in [5.41, 5.74) is 0. The van der Waals surface area contributed by atoms with Crippen molar-refractivity contribution in [3.05, 3.63) is 0 Å². The summed E-state index contributed by atoms with van der Waals surface area (Å²) in [6, 6.07) is 0. The van der Waals surface area contributed by atoms with Crippen LogP contribution in [-0.4, -0.2) is 39.5 Å². The topological polar surface area (TPSA) is 30.5 Å². The molecule has 12 heavy (non-hydrogen) atoms. The van der Waals surface area contributed by atoms with Crippen LogP contribution in [-0.2, 0) is 9.47 Å². The van der Waals surface area contributed by atoms with E-state index in [1.54, 1.807) is 14.2 Å². The van der Waals surface area contributed by atoms with Gasteiger partial charge in [-0.25, -0.2) is 0 Å². The monoisotopic (exact) mass is 169 g/mol. The summed E-state index contributed by atoms with van der Waals surface area (Å²) in [5, 5.41) is 3.25. The maximum Gasteiger partial charge on any atom is 0.145 e. The van der Waals surface area contributed by atoms with Gasteiger partial charge in [0.05, 0.1) is 0 Å². The Morgan fingerprint density at radius 2 is 2.17 bits per heavy atom. The van der Waals surface area contributed by atoms with Crippen molar-refractivity contribution in [3.8, 4) is 11.8 Å². The molecule has 2 atom stereocenters. The van der Waals surface area contributed by atoms with Crippen molar-refractivity contribution >= 4 is 0 Å². The minimum atomic E-state index is -0.0946. The molecule has 0 aliphatic carbocycles. The van der Waals surface area contributed by atoms with E-state index < -0.39 is 0 Å². The fourth-order valence-electron chi connectivity index (χ4n) is 1.19. The standard InChI is InChI=1S/C9H15NO2/c1-11-8-5-3-4-6-10-7-9(8)12-2/h8-10H,4,6-7H2,1-2H3/t8-,9-/m0/s1. The van der Waals surface area contributed by atoms with E-state index in [0.717, 1.165) is 19.5 Å². The van der Waals surface area contributed by atoms with E-state index in [4.69, 9.17) is 9.47 Å². The van der Waals surface area contributed by atoms with Crippen LogP contribution in [0.4, 0.5) is 0 Å². The molecule has 1 aliphatic rings. The second kappa shape index (κ2) is 5.15. The van der Waals surface area contributed by atoms with Gasteiger partial charge in [-0.3, -0.25) is 0 Å². The zero-order valence-electron chi connectivity index (χ0n) is 7.59. The molecule has 0 fully saturated rings. The van der Waals surface area contributed by atoms with Crippen LogP contribution in [0.25, 0.3) is 0 Å². The number of nitrogens with one attached hydrogen (secondary N) is 1. The third-order valence-corrected chi connectivity index (χ3v) is 1.91. The van der Waals surface area contributed by atoms with E-state index in [1.165, 1.54) is 0 Å². The molecule has 0 unspecified atom stereocenters. The molecule has 0 spiro atoms. The van der Waals surface area contributed by atoms with E-state index in [0.29, 0.717) is 0 Å². The normalized spacial score (nSPS) is 29.8. The summed E-state index contributed by atoms with van der Waals surface area (Å²) in [7, 11) is 3.34. The van der Waals surface area contributed by atoms with Gasteiger partial charge in [-0.2, -0.15) is 0 Å². The van der Waals surface area contributed by atoms with Gasteiger partial charge in [-0.1, -0.05) is 11.8 Å². The summed E-state index contributed by atoms with van der Waals surface area (Å²) < 4.78 is 10.4. The third kappa shape index (κ3) is 2.49. The molecule has 0 saturated heterocycles. The van der Waals surface area contributed by atoms with Gasteiger partial charge in [-0.05, 0) is 0 Å². The lowest BCUT2D eigenvalue weighted by atomic mass is 10.1. The molecule has 3 heteroatoms. The molecule has 3 nitrogen and oxygen atoms in total. The van der Waals surface area contributed by atoms with E-state index in [-0.39, 0.29) is 12.2 Å². The summed E-state index contributed by atoms with van der Waals surface area (Å²) >= 11 is 0. The maximum atomic E-state index is 5.24. The van der Waals surface area contributed by atoms with Gasteiger partial charge >= 0.3 is 0 Å². The van der Waals surface area contributed by atoms with Crippen molar-refractivity contribution in [2.24, 2.45) is 0 Å². The number of hydrogen-bond acceptors (Lipinski definition) is 3. The van der Waals surface area contributed by atoms with Crippen LogP contribution in [0.2, 0.25) is 0 Å². The first kappa shape index (κ1) is 9.53. The molecule has 68 valence electrons. The molecule has 0 aromatic rings. The predicted octanol–water partition coefficient (Wildman–Crippen LogP) is 0.0131. The van der Waals surface area contributed by atoms with Crippen molar-refractivity contribution in [1.29, 1.82) is 0 Å². The van der Waals surface area contributed by atoms with Crippen molar-refractivity contribution in [2.75, 3.05) is 27.3 Å². The lowest BCUT2D eigenvalue weighted by Crippen LogP contribution is -2.39. The summed E-state index contributed by atoms with van der Waals surface area (Å²) in [4.78, 5) is 0. The van der Waals surface area contributed by atoms with E-state index >= 15 is 0 Å². The Balaban J connectivity index is 2.58. The number of hydrogen-bond donors (Lipinski definition) is 1. The Morgan fingerprint density at radius 3 is 2.83 bits per heavy atom. The first-order valence-corrected chi connectivity index (χ1v) is 4.13. The second-order valence-corrected chi connectivity index (χ2v) is 2.71. The van der Waals surface area contributed by atoms with Gasteiger partial charge in [0, 0.05) is 33.7 Å². The minimum absolute atomic E-state index is 0.0443. The molecule has 0 radical (unpaired) electrons. The average molecular weight is 169 g/mol. The first-order valence-electron chi connectivity index (χ1n) is 4.13. The smallest absolute Gasteiger partial charge is 0.145 e. The quantitative estimate of drug-likeness (QED) is 0.591. The molecule has 0 amide bonds. The Bertz CT molecular complexity index is 183. The van der Waals surface area contributed by atoms with E-state index in [1.807, 2.05) is 0 Å². The van der Waals surface area contributed by atoms with Crippen LogP contribution < -0.4 is 5.32 Å². The first-order chi connectivity index (χ1) is 5.88. The van der Waals surface area contributed by atoms with Gasteiger partial charge in [0.1, 0.15) is 12.2 Å². The highest BCUT2D eigenvalue weighted by Gasteiger charge is 2.18. The largest absolute Gasteiger partial charge is 0.376 e. The molecule has 1 heterocycles. The third-order valence-electron chi connectivity index (χ3n) is 1.91. The average Bonchev–Trinajstić information content (AvgIpc) is 2.05. The SMILES string of the molecule is CO[C@H]1C#CCCNC[C@@H]1OC. The number of methoxy groups -OCH3 is 2. The lowest BCUT2D eigenvalue weighted by Gasteiger charge is -2.22. The number of ether oxygens (including phenoxy) is 2. The number of rotatable bonds is 2. The maximum absolute atomic E-state index is 5.24. The second-order valence-electron chi connectivity index (χ2n) is 2.71. The van der Waals surface area contributed by atoms with E-state index in [2.05, 4.69) is 17.2 Å². The highest BCUT2D eigenvalue weighted by Crippen LogP contribution is 2.02. The molecule has 0 bridgehead atoms. The van der Waals surface area contributed by atoms with Gasteiger partial charge in [-0.15, -0.1) is 0 Å². The fraction of sp³-hybridized carbons (Fsp3) is 0.778. The van der Waals surface area contributed by atoms with Crippen molar-refractivity contribution in [1.82, 2.24) is 5.32 Å². The molecule has 0 aromatic carbocycles. The molecule has 1 rings (SSSR count). The Hall–Kier alpha value is -0.560. The van der Waals surface area contributed by atoms with Crippen LogP contribution in [0.3, 0.4) is 0 Å². The van der Waals surface area contributed by atoms with Crippen LogP contribution in [0.1, 0.15) is 6.42 Å². The predicted molar refractivity (Wildman–Crippen MR) is 46.9 cm³/mol.